The zero-order valence-corrected chi connectivity index (χ0v) is 8.73. The van der Waals surface area contributed by atoms with Crippen LogP contribution in [-0.2, 0) is 13.2 Å². The maximum atomic E-state index is 12.1. The summed E-state index contributed by atoms with van der Waals surface area (Å²) in [6.45, 7) is 0.406. The Kier molecular flexibility index (Phi) is 4.89. The fourth-order valence-corrected chi connectivity index (χ4v) is 0.887. The average Bonchev–Trinajstić information content (AvgIpc) is 2.43. The lowest BCUT2D eigenvalue weighted by molar-refractivity contribution is -0.141. The van der Waals surface area contributed by atoms with Crippen molar-refractivity contribution >= 4 is 12.4 Å². The molecule has 15 heavy (non-hydrogen) atoms. The molecule has 0 bridgehead atoms. The van der Waals surface area contributed by atoms with Crippen LogP contribution in [0.5, 0.6) is 5.88 Å². The summed E-state index contributed by atoms with van der Waals surface area (Å²) in [6.07, 6.45) is -4.44. The molecule has 0 aliphatic carbocycles. The van der Waals surface area contributed by atoms with Crippen LogP contribution in [0.2, 0.25) is 0 Å². The summed E-state index contributed by atoms with van der Waals surface area (Å²) in [5.74, 6) is 0.0581. The van der Waals surface area contributed by atoms with Crippen molar-refractivity contribution in [3.05, 3.63) is 11.8 Å². The minimum absolute atomic E-state index is 0. The van der Waals surface area contributed by atoms with Gasteiger partial charge in [0.25, 0.3) is 0 Å². The van der Waals surface area contributed by atoms with E-state index in [4.69, 9.17) is 10.5 Å². The molecule has 2 N–H and O–H groups in total. The van der Waals surface area contributed by atoms with E-state index in [0.717, 1.165) is 10.7 Å². The standard InChI is InChI=1S/C7H10F3N3O.ClH/c1-13-6(14-3-2-11)4-5(12-13)7(8,9)10;/h4H,2-3,11H2,1H3;1H. The molecule has 0 amide bonds. The third kappa shape index (κ3) is 3.60. The lowest BCUT2D eigenvalue weighted by Gasteiger charge is -2.02. The molecule has 0 fully saturated rings. The van der Waals surface area contributed by atoms with E-state index < -0.39 is 11.9 Å². The molecule has 1 rings (SSSR count). The predicted octanol–water partition coefficient (Wildman–Crippen LogP) is 1.20. The second kappa shape index (κ2) is 5.22. The number of nitrogens with zero attached hydrogens (tertiary/aromatic N) is 2. The van der Waals surface area contributed by atoms with Crippen LogP contribution in [-0.4, -0.2) is 22.9 Å². The Morgan fingerprint density at radius 1 is 1.53 bits per heavy atom. The van der Waals surface area contributed by atoms with Crippen LogP contribution in [0.3, 0.4) is 0 Å². The Morgan fingerprint density at radius 2 is 2.13 bits per heavy atom. The Bertz CT molecular complexity index is 313. The van der Waals surface area contributed by atoms with Crippen LogP contribution in [0.15, 0.2) is 6.07 Å². The fraction of sp³-hybridized carbons (Fsp3) is 0.571. The fourth-order valence-electron chi connectivity index (χ4n) is 0.887. The van der Waals surface area contributed by atoms with Gasteiger partial charge in [-0.05, 0) is 0 Å². The molecule has 0 unspecified atom stereocenters. The lowest BCUT2D eigenvalue weighted by Crippen LogP contribution is -2.12. The summed E-state index contributed by atoms with van der Waals surface area (Å²) < 4.78 is 42.4. The molecule has 0 saturated carbocycles. The van der Waals surface area contributed by atoms with Gasteiger partial charge in [0.15, 0.2) is 5.69 Å². The van der Waals surface area contributed by atoms with Gasteiger partial charge in [-0.15, -0.1) is 12.4 Å². The van der Waals surface area contributed by atoms with Gasteiger partial charge in [-0.1, -0.05) is 0 Å². The van der Waals surface area contributed by atoms with E-state index in [0.29, 0.717) is 0 Å². The van der Waals surface area contributed by atoms with Crippen LogP contribution in [0.25, 0.3) is 0 Å². The quantitative estimate of drug-likeness (QED) is 0.871. The number of alkyl halides is 3. The SMILES string of the molecule is Cl.Cn1nc(C(F)(F)F)cc1OCCN. The summed E-state index contributed by atoms with van der Waals surface area (Å²) in [7, 11) is 1.38. The molecule has 88 valence electrons. The third-order valence-electron chi connectivity index (χ3n) is 1.50. The second-order valence-electron chi connectivity index (χ2n) is 2.63. The van der Waals surface area contributed by atoms with E-state index in [1.807, 2.05) is 0 Å². The molecule has 0 radical (unpaired) electrons. The first kappa shape index (κ1) is 14.1. The largest absolute Gasteiger partial charge is 0.476 e. The number of hydrogen-bond acceptors (Lipinski definition) is 3. The van der Waals surface area contributed by atoms with Crippen molar-refractivity contribution in [3.8, 4) is 5.88 Å². The van der Waals surface area contributed by atoms with E-state index >= 15 is 0 Å². The maximum absolute atomic E-state index is 12.1. The van der Waals surface area contributed by atoms with E-state index in [1.165, 1.54) is 7.05 Å². The van der Waals surface area contributed by atoms with Gasteiger partial charge in [-0.3, -0.25) is 0 Å². The van der Waals surface area contributed by atoms with Crippen molar-refractivity contribution in [2.24, 2.45) is 12.8 Å². The van der Waals surface area contributed by atoms with Crippen molar-refractivity contribution in [1.29, 1.82) is 0 Å². The Balaban J connectivity index is 0.00000196. The molecular formula is C7H11ClF3N3O. The monoisotopic (exact) mass is 245 g/mol. The zero-order valence-electron chi connectivity index (χ0n) is 7.91. The Hall–Kier alpha value is -0.950. The summed E-state index contributed by atoms with van der Waals surface area (Å²) >= 11 is 0. The van der Waals surface area contributed by atoms with Crippen LogP contribution >= 0.6 is 12.4 Å². The van der Waals surface area contributed by atoms with Gasteiger partial charge < -0.3 is 10.5 Å². The van der Waals surface area contributed by atoms with Gasteiger partial charge in [0.05, 0.1) is 0 Å². The molecule has 1 heterocycles. The molecule has 0 atom stereocenters. The first-order chi connectivity index (χ1) is 6.45. The highest BCUT2D eigenvalue weighted by Gasteiger charge is 2.34. The lowest BCUT2D eigenvalue weighted by atomic mass is 10.4. The van der Waals surface area contributed by atoms with E-state index in [9.17, 15) is 13.2 Å². The smallest absolute Gasteiger partial charge is 0.435 e. The highest BCUT2D eigenvalue weighted by Crippen LogP contribution is 2.30. The second-order valence-corrected chi connectivity index (χ2v) is 2.63. The first-order valence-corrected chi connectivity index (χ1v) is 3.89. The van der Waals surface area contributed by atoms with Crippen molar-refractivity contribution in [2.45, 2.75) is 6.18 Å². The van der Waals surface area contributed by atoms with Gasteiger partial charge in [0.2, 0.25) is 5.88 Å². The van der Waals surface area contributed by atoms with Gasteiger partial charge in [-0.25, -0.2) is 4.68 Å². The summed E-state index contributed by atoms with van der Waals surface area (Å²) in [5, 5.41) is 3.26. The normalized spacial score (nSPS) is 11.0. The van der Waals surface area contributed by atoms with Gasteiger partial charge in [0, 0.05) is 19.7 Å². The average molecular weight is 246 g/mol. The number of rotatable bonds is 3. The highest BCUT2D eigenvalue weighted by molar-refractivity contribution is 5.85. The molecule has 0 aromatic carbocycles. The molecule has 0 aliphatic heterocycles. The third-order valence-corrected chi connectivity index (χ3v) is 1.50. The molecule has 0 aliphatic rings. The molecule has 0 saturated heterocycles. The van der Waals surface area contributed by atoms with Crippen LogP contribution in [0, 0.1) is 0 Å². The van der Waals surface area contributed by atoms with Gasteiger partial charge in [0.1, 0.15) is 6.61 Å². The summed E-state index contributed by atoms with van der Waals surface area (Å²) in [4.78, 5) is 0. The minimum Gasteiger partial charge on any atom is -0.476 e. The number of halogens is 4. The van der Waals surface area contributed by atoms with Crippen molar-refractivity contribution < 1.29 is 17.9 Å². The van der Waals surface area contributed by atoms with Crippen molar-refractivity contribution in [2.75, 3.05) is 13.2 Å². The maximum Gasteiger partial charge on any atom is 0.435 e. The Morgan fingerprint density at radius 3 is 2.53 bits per heavy atom. The summed E-state index contributed by atoms with van der Waals surface area (Å²) in [5.41, 5.74) is 4.18. The van der Waals surface area contributed by atoms with Crippen molar-refractivity contribution in [1.82, 2.24) is 9.78 Å². The molecule has 8 heteroatoms. The van der Waals surface area contributed by atoms with Gasteiger partial charge >= 0.3 is 6.18 Å². The molecule has 0 spiro atoms. The Labute approximate surface area is 90.6 Å². The molecular weight excluding hydrogens is 235 g/mol. The highest BCUT2D eigenvalue weighted by atomic mass is 35.5. The topological polar surface area (TPSA) is 53.1 Å². The minimum atomic E-state index is -4.44. The summed E-state index contributed by atoms with van der Waals surface area (Å²) in [6, 6.07) is 0.843. The number of nitrogens with two attached hydrogens (primary N) is 1. The number of ether oxygens (including phenoxy) is 1. The van der Waals surface area contributed by atoms with Crippen LogP contribution in [0.1, 0.15) is 5.69 Å². The van der Waals surface area contributed by atoms with E-state index in [1.54, 1.807) is 0 Å². The van der Waals surface area contributed by atoms with Crippen LogP contribution in [0.4, 0.5) is 13.2 Å². The van der Waals surface area contributed by atoms with Crippen LogP contribution < -0.4 is 10.5 Å². The van der Waals surface area contributed by atoms with Crippen molar-refractivity contribution in [3.63, 3.8) is 0 Å². The van der Waals surface area contributed by atoms with E-state index in [-0.39, 0.29) is 31.4 Å². The number of aryl methyl sites for hydroxylation is 1. The first-order valence-electron chi connectivity index (χ1n) is 3.89. The number of aromatic nitrogens is 2. The molecule has 4 nitrogen and oxygen atoms in total. The molecule has 1 aromatic rings. The van der Waals surface area contributed by atoms with Gasteiger partial charge in [-0.2, -0.15) is 18.3 Å². The molecule has 1 aromatic heterocycles. The zero-order chi connectivity index (χ0) is 10.8. The predicted molar refractivity (Wildman–Crippen MR) is 50.0 cm³/mol. The number of hydrogen-bond donors (Lipinski definition) is 1. The van der Waals surface area contributed by atoms with E-state index in [2.05, 4.69) is 5.10 Å².